The molecule has 1 amide bonds. The van der Waals surface area contributed by atoms with Crippen LogP contribution in [-0.2, 0) is 4.74 Å². The monoisotopic (exact) mass is 295 g/mol. The molecule has 0 heterocycles. The zero-order chi connectivity index (χ0) is 15.8. The summed E-state index contributed by atoms with van der Waals surface area (Å²) in [5.41, 5.74) is 5.45. The lowest BCUT2D eigenvalue weighted by atomic mass is 10.1. The quantitative estimate of drug-likeness (QED) is 0.330. The lowest BCUT2D eigenvalue weighted by Crippen LogP contribution is -2.27. The molecule has 7 heteroatoms. The van der Waals surface area contributed by atoms with Gasteiger partial charge in [-0.05, 0) is 24.5 Å². The number of amides is 1. The van der Waals surface area contributed by atoms with E-state index in [1.165, 1.54) is 18.2 Å². The topological polar surface area (TPSA) is 107 Å². The molecule has 0 bridgehead atoms. The maximum Gasteiger partial charge on any atom is 0.292 e. The molecule has 0 saturated heterocycles. The molecule has 3 N–H and O–H groups in total. The summed E-state index contributed by atoms with van der Waals surface area (Å²) in [6, 6.07) is 3.98. The van der Waals surface area contributed by atoms with Crippen LogP contribution >= 0.6 is 0 Å². The Balaban J connectivity index is 2.42. The second-order valence-electron chi connectivity index (χ2n) is 5.08. The molecule has 1 rings (SSSR count). The van der Waals surface area contributed by atoms with E-state index in [0.29, 0.717) is 25.7 Å². The SMILES string of the molecule is CC(C)CCOCCNC(=O)c1ccc(N)c([N+](=O)[O-])c1. The van der Waals surface area contributed by atoms with Crippen LogP contribution in [0.5, 0.6) is 0 Å². The predicted molar refractivity (Wildman–Crippen MR) is 80.1 cm³/mol. The van der Waals surface area contributed by atoms with E-state index >= 15 is 0 Å². The van der Waals surface area contributed by atoms with Crippen LogP contribution in [0, 0.1) is 16.0 Å². The van der Waals surface area contributed by atoms with Crippen molar-refractivity contribution >= 4 is 17.3 Å². The summed E-state index contributed by atoms with van der Waals surface area (Å²) in [4.78, 5) is 22.0. The van der Waals surface area contributed by atoms with E-state index in [2.05, 4.69) is 19.2 Å². The van der Waals surface area contributed by atoms with Crippen molar-refractivity contribution in [2.75, 3.05) is 25.5 Å². The molecule has 0 aliphatic heterocycles. The molecular weight excluding hydrogens is 274 g/mol. The average molecular weight is 295 g/mol. The third kappa shape index (κ3) is 5.78. The lowest BCUT2D eigenvalue weighted by Gasteiger charge is -2.08. The Bertz CT molecular complexity index is 503. The molecule has 21 heavy (non-hydrogen) atoms. The van der Waals surface area contributed by atoms with Crippen molar-refractivity contribution in [1.82, 2.24) is 5.32 Å². The van der Waals surface area contributed by atoms with Gasteiger partial charge in [-0.2, -0.15) is 0 Å². The van der Waals surface area contributed by atoms with Crippen LogP contribution in [0.25, 0.3) is 0 Å². The second-order valence-corrected chi connectivity index (χ2v) is 5.08. The van der Waals surface area contributed by atoms with Crippen LogP contribution in [0.2, 0.25) is 0 Å². The first-order valence-electron chi connectivity index (χ1n) is 6.81. The number of hydrogen-bond acceptors (Lipinski definition) is 5. The molecule has 0 aromatic heterocycles. The van der Waals surface area contributed by atoms with E-state index in [1.54, 1.807) is 0 Å². The molecule has 0 radical (unpaired) electrons. The number of nitro groups is 1. The Morgan fingerprint density at radius 1 is 1.43 bits per heavy atom. The number of hydrogen-bond donors (Lipinski definition) is 2. The number of carbonyl (C=O) groups is 1. The van der Waals surface area contributed by atoms with E-state index in [-0.39, 0.29) is 22.8 Å². The minimum absolute atomic E-state index is 0.0357. The first-order chi connectivity index (χ1) is 9.91. The normalized spacial score (nSPS) is 10.6. The van der Waals surface area contributed by atoms with Crippen molar-refractivity contribution in [3.05, 3.63) is 33.9 Å². The van der Waals surface area contributed by atoms with Gasteiger partial charge in [0.25, 0.3) is 11.6 Å². The minimum Gasteiger partial charge on any atom is -0.393 e. The minimum atomic E-state index is -0.610. The van der Waals surface area contributed by atoms with Crippen LogP contribution in [0.1, 0.15) is 30.6 Å². The van der Waals surface area contributed by atoms with Gasteiger partial charge in [0.2, 0.25) is 0 Å². The average Bonchev–Trinajstić information content (AvgIpc) is 2.42. The summed E-state index contributed by atoms with van der Waals surface area (Å²) < 4.78 is 5.37. The first-order valence-corrected chi connectivity index (χ1v) is 6.81. The second kappa shape index (κ2) is 8.21. The molecule has 0 spiro atoms. The van der Waals surface area contributed by atoms with Crippen molar-refractivity contribution in [1.29, 1.82) is 0 Å². The molecule has 1 aromatic rings. The van der Waals surface area contributed by atoms with E-state index in [9.17, 15) is 14.9 Å². The highest BCUT2D eigenvalue weighted by Crippen LogP contribution is 2.22. The number of carbonyl (C=O) groups excluding carboxylic acids is 1. The molecule has 1 aromatic carbocycles. The molecule has 116 valence electrons. The van der Waals surface area contributed by atoms with Crippen molar-refractivity contribution < 1.29 is 14.5 Å². The molecule has 7 nitrogen and oxygen atoms in total. The van der Waals surface area contributed by atoms with Gasteiger partial charge in [0.15, 0.2) is 0 Å². The largest absolute Gasteiger partial charge is 0.393 e. The van der Waals surface area contributed by atoms with Gasteiger partial charge in [-0.1, -0.05) is 13.8 Å². The molecule has 0 unspecified atom stereocenters. The molecule has 0 saturated carbocycles. The molecule has 0 aliphatic rings. The van der Waals surface area contributed by atoms with Gasteiger partial charge in [-0.25, -0.2) is 0 Å². The van der Waals surface area contributed by atoms with Crippen LogP contribution in [0.4, 0.5) is 11.4 Å². The standard InChI is InChI=1S/C14H21N3O4/c1-10(2)5-7-21-8-6-16-14(18)11-3-4-12(15)13(9-11)17(19)20/h3-4,9-10H,5-8,15H2,1-2H3,(H,16,18). The fraction of sp³-hybridized carbons (Fsp3) is 0.500. The summed E-state index contributed by atoms with van der Waals surface area (Å²) in [6.45, 7) is 5.64. The number of nitrogens with zero attached hydrogens (tertiary/aromatic N) is 1. The highest BCUT2D eigenvalue weighted by atomic mass is 16.6. The highest BCUT2D eigenvalue weighted by Gasteiger charge is 2.15. The maximum absolute atomic E-state index is 11.8. The van der Waals surface area contributed by atoms with Crippen LogP contribution in [0.3, 0.4) is 0 Å². The van der Waals surface area contributed by atoms with Crippen molar-refractivity contribution in [2.24, 2.45) is 5.92 Å². The summed E-state index contributed by atoms with van der Waals surface area (Å²) >= 11 is 0. The van der Waals surface area contributed by atoms with Gasteiger partial charge in [0.05, 0.1) is 11.5 Å². The number of nitro benzene ring substituents is 1. The number of anilines is 1. The number of ether oxygens (including phenoxy) is 1. The third-order valence-corrected chi connectivity index (χ3v) is 2.86. The lowest BCUT2D eigenvalue weighted by molar-refractivity contribution is -0.383. The number of benzene rings is 1. The zero-order valence-electron chi connectivity index (χ0n) is 12.3. The maximum atomic E-state index is 11.8. The van der Waals surface area contributed by atoms with E-state index in [1.807, 2.05) is 0 Å². The van der Waals surface area contributed by atoms with Gasteiger partial charge in [0.1, 0.15) is 5.69 Å². The zero-order valence-corrected chi connectivity index (χ0v) is 12.3. The number of nitrogens with two attached hydrogens (primary N) is 1. The van der Waals surface area contributed by atoms with E-state index in [4.69, 9.17) is 10.5 Å². The summed E-state index contributed by atoms with van der Waals surface area (Å²) in [5.74, 6) is 0.195. The van der Waals surface area contributed by atoms with Crippen molar-refractivity contribution in [2.45, 2.75) is 20.3 Å². The summed E-state index contributed by atoms with van der Waals surface area (Å²) in [6.07, 6.45) is 0.970. The fourth-order valence-corrected chi connectivity index (χ4v) is 1.60. The third-order valence-electron chi connectivity index (χ3n) is 2.86. The van der Waals surface area contributed by atoms with Gasteiger partial charge in [-0.15, -0.1) is 0 Å². The molecular formula is C14H21N3O4. The Kier molecular flexibility index (Phi) is 6.61. The Morgan fingerprint density at radius 3 is 2.76 bits per heavy atom. The van der Waals surface area contributed by atoms with Crippen LogP contribution < -0.4 is 11.1 Å². The van der Waals surface area contributed by atoms with Crippen molar-refractivity contribution in [3.8, 4) is 0 Å². The summed E-state index contributed by atoms with van der Waals surface area (Å²) in [7, 11) is 0. The highest BCUT2D eigenvalue weighted by molar-refractivity contribution is 5.95. The van der Waals surface area contributed by atoms with Crippen molar-refractivity contribution in [3.63, 3.8) is 0 Å². The summed E-state index contributed by atoms with van der Waals surface area (Å²) in [5, 5.41) is 13.4. The molecule has 0 fully saturated rings. The fourth-order valence-electron chi connectivity index (χ4n) is 1.60. The van der Waals surface area contributed by atoms with E-state index in [0.717, 1.165) is 6.42 Å². The van der Waals surface area contributed by atoms with Gasteiger partial charge in [-0.3, -0.25) is 14.9 Å². The van der Waals surface area contributed by atoms with Gasteiger partial charge < -0.3 is 15.8 Å². The molecule has 0 atom stereocenters. The Labute approximate surface area is 123 Å². The first kappa shape index (κ1) is 16.9. The number of nitrogens with one attached hydrogen (secondary N) is 1. The predicted octanol–water partition coefficient (Wildman–Crippen LogP) is 1.97. The Morgan fingerprint density at radius 2 is 2.14 bits per heavy atom. The van der Waals surface area contributed by atoms with E-state index < -0.39 is 4.92 Å². The molecule has 0 aliphatic carbocycles. The van der Waals surface area contributed by atoms with Crippen LogP contribution in [0.15, 0.2) is 18.2 Å². The van der Waals surface area contributed by atoms with Crippen LogP contribution in [-0.4, -0.2) is 30.6 Å². The van der Waals surface area contributed by atoms with Gasteiger partial charge >= 0.3 is 0 Å². The Hall–Kier alpha value is -2.15. The smallest absolute Gasteiger partial charge is 0.292 e. The number of nitrogen functional groups attached to an aromatic ring is 1. The number of rotatable bonds is 8. The van der Waals surface area contributed by atoms with Gasteiger partial charge in [0, 0.05) is 24.8 Å².